The summed E-state index contributed by atoms with van der Waals surface area (Å²) in [5.41, 5.74) is 3.08. The molecule has 0 spiro atoms. The van der Waals surface area contributed by atoms with Gasteiger partial charge in [0, 0.05) is 18.3 Å². The molecule has 0 aliphatic carbocycles. The first-order valence-electron chi connectivity index (χ1n) is 5.66. The van der Waals surface area contributed by atoms with Crippen LogP contribution in [0, 0.1) is 6.92 Å². The summed E-state index contributed by atoms with van der Waals surface area (Å²) >= 11 is 0. The maximum atomic E-state index is 5.31. The molecule has 1 aromatic carbocycles. The van der Waals surface area contributed by atoms with Crippen molar-refractivity contribution in [3.05, 3.63) is 23.9 Å². The average molecular weight is 247 g/mol. The van der Waals surface area contributed by atoms with Gasteiger partial charge in [-0.15, -0.1) is 0 Å². The summed E-state index contributed by atoms with van der Waals surface area (Å²) in [7, 11) is 5.10. The lowest BCUT2D eigenvalue weighted by Crippen LogP contribution is -1.93. The second kappa shape index (κ2) is 5.00. The molecule has 0 amide bonds. The Labute approximate surface area is 106 Å². The lowest BCUT2D eigenvalue weighted by Gasteiger charge is -2.10. The van der Waals surface area contributed by atoms with Crippen LogP contribution in [0.15, 0.2) is 18.2 Å². The Hall–Kier alpha value is -2.17. The van der Waals surface area contributed by atoms with Crippen LogP contribution in [-0.2, 0) is 0 Å². The van der Waals surface area contributed by atoms with Crippen molar-refractivity contribution in [1.29, 1.82) is 0 Å². The third-order valence-electron chi connectivity index (χ3n) is 2.86. The highest BCUT2D eigenvalue weighted by Crippen LogP contribution is 2.35. The van der Waals surface area contributed by atoms with E-state index in [1.807, 2.05) is 32.2 Å². The molecule has 1 heterocycles. The van der Waals surface area contributed by atoms with E-state index in [9.17, 15) is 0 Å². The number of nitrogens with one attached hydrogen (secondary N) is 2. The van der Waals surface area contributed by atoms with Gasteiger partial charge in [-0.1, -0.05) is 6.07 Å². The van der Waals surface area contributed by atoms with Gasteiger partial charge in [-0.25, -0.2) is 0 Å². The van der Waals surface area contributed by atoms with Gasteiger partial charge < -0.3 is 14.8 Å². The van der Waals surface area contributed by atoms with Gasteiger partial charge in [0.15, 0.2) is 17.3 Å². The van der Waals surface area contributed by atoms with Gasteiger partial charge in [-0.2, -0.15) is 5.10 Å². The SMILES string of the molecule is CNc1n[nH]c(C)c1-c1ccc(OC)c(OC)c1. The van der Waals surface area contributed by atoms with Crippen molar-refractivity contribution < 1.29 is 9.47 Å². The van der Waals surface area contributed by atoms with Crippen LogP contribution in [0.3, 0.4) is 0 Å². The first-order chi connectivity index (χ1) is 8.71. The van der Waals surface area contributed by atoms with E-state index < -0.39 is 0 Å². The van der Waals surface area contributed by atoms with Crippen LogP contribution in [-0.4, -0.2) is 31.5 Å². The Morgan fingerprint density at radius 1 is 1.17 bits per heavy atom. The Morgan fingerprint density at radius 3 is 2.50 bits per heavy atom. The van der Waals surface area contributed by atoms with Crippen LogP contribution in [0.2, 0.25) is 0 Å². The third kappa shape index (κ3) is 1.99. The predicted molar refractivity (Wildman–Crippen MR) is 71.4 cm³/mol. The van der Waals surface area contributed by atoms with Crippen LogP contribution >= 0.6 is 0 Å². The molecule has 0 aliphatic heterocycles. The molecular weight excluding hydrogens is 230 g/mol. The highest BCUT2D eigenvalue weighted by molar-refractivity contribution is 5.78. The van der Waals surface area contributed by atoms with Gasteiger partial charge in [-0.05, 0) is 24.6 Å². The monoisotopic (exact) mass is 247 g/mol. The van der Waals surface area contributed by atoms with E-state index >= 15 is 0 Å². The molecule has 0 saturated heterocycles. The van der Waals surface area contributed by atoms with E-state index in [-0.39, 0.29) is 0 Å². The molecule has 2 rings (SSSR count). The van der Waals surface area contributed by atoms with Crippen molar-refractivity contribution in [3.8, 4) is 22.6 Å². The molecule has 96 valence electrons. The number of aromatic nitrogens is 2. The maximum Gasteiger partial charge on any atom is 0.161 e. The second-order valence-electron chi connectivity index (χ2n) is 3.89. The molecule has 5 nitrogen and oxygen atoms in total. The molecule has 0 atom stereocenters. The Kier molecular flexibility index (Phi) is 3.41. The minimum Gasteiger partial charge on any atom is -0.493 e. The Bertz CT molecular complexity index is 549. The van der Waals surface area contributed by atoms with Crippen LogP contribution in [0.25, 0.3) is 11.1 Å². The molecule has 0 saturated carbocycles. The van der Waals surface area contributed by atoms with Crippen molar-refractivity contribution in [2.75, 3.05) is 26.6 Å². The predicted octanol–water partition coefficient (Wildman–Crippen LogP) is 2.44. The number of nitrogens with zero attached hydrogens (tertiary/aromatic N) is 1. The van der Waals surface area contributed by atoms with E-state index in [1.165, 1.54) is 0 Å². The Balaban J connectivity index is 2.54. The van der Waals surface area contributed by atoms with E-state index in [0.29, 0.717) is 11.5 Å². The van der Waals surface area contributed by atoms with Gasteiger partial charge >= 0.3 is 0 Å². The van der Waals surface area contributed by atoms with Crippen LogP contribution in [0.4, 0.5) is 5.82 Å². The second-order valence-corrected chi connectivity index (χ2v) is 3.89. The van der Waals surface area contributed by atoms with Gasteiger partial charge in [0.05, 0.1) is 14.2 Å². The number of hydrogen-bond donors (Lipinski definition) is 2. The molecule has 2 aromatic rings. The van der Waals surface area contributed by atoms with Gasteiger partial charge in [0.1, 0.15) is 0 Å². The average Bonchev–Trinajstić information content (AvgIpc) is 2.79. The van der Waals surface area contributed by atoms with Crippen molar-refractivity contribution in [3.63, 3.8) is 0 Å². The number of H-pyrrole nitrogens is 1. The fourth-order valence-electron chi connectivity index (χ4n) is 1.96. The van der Waals surface area contributed by atoms with E-state index in [1.54, 1.807) is 14.2 Å². The summed E-state index contributed by atoms with van der Waals surface area (Å²) in [6, 6.07) is 5.82. The zero-order valence-electron chi connectivity index (χ0n) is 11.0. The first kappa shape index (κ1) is 12.3. The van der Waals surface area contributed by atoms with Crippen LogP contribution < -0.4 is 14.8 Å². The van der Waals surface area contributed by atoms with Gasteiger partial charge in [0.25, 0.3) is 0 Å². The van der Waals surface area contributed by atoms with Crippen LogP contribution in [0.5, 0.6) is 11.5 Å². The summed E-state index contributed by atoms with van der Waals surface area (Å²) in [6.45, 7) is 1.99. The summed E-state index contributed by atoms with van der Waals surface area (Å²) in [5.74, 6) is 2.24. The summed E-state index contributed by atoms with van der Waals surface area (Å²) in [5, 5.41) is 10.2. The molecular formula is C13H17N3O2. The van der Waals surface area contributed by atoms with Crippen molar-refractivity contribution in [1.82, 2.24) is 10.2 Å². The van der Waals surface area contributed by atoms with Crippen molar-refractivity contribution in [2.45, 2.75) is 6.92 Å². The number of ether oxygens (including phenoxy) is 2. The lowest BCUT2D eigenvalue weighted by molar-refractivity contribution is 0.355. The number of hydrogen-bond acceptors (Lipinski definition) is 4. The highest BCUT2D eigenvalue weighted by atomic mass is 16.5. The number of anilines is 1. The zero-order valence-corrected chi connectivity index (χ0v) is 11.0. The van der Waals surface area contributed by atoms with E-state index in [0.717, 1.165) is 22.6 Å². The standard InChI is InChI=1S/C13H17N3O2/c1-8-12(13(14-2)16-15-8)9-5-6-10(17-3)11(7-9)18-4/h5-7H,1-4H3,(H2,14,15,16). The molecule has 0 unspecified atom stereocenters. The molecule has 0 radical (unpaired) electrons. The van der Waals surface area contributed by atoms with Gasteiger partial charge in [0.2, 0.25) is 0 Å². The molecule has 0 aliphatic rings. The molecule has 18 heavy (non-hydrogen) atoms. The number of methoxy groups -OCH3 is 2. The molecule has 5 heteroatoms. The molecule has 0 bridgehead atoms. The first-order valence-corrected chi connectivity index (χ1v) is 5.66. The maximum absolute atomic E-state index is 5.31. The van der Waals surface area contributed by atoms with Gasteiger partial charge in [-0.3, -0.25) is 5.10 Å². The lowest BCUT2D eigenvalue weighted by atomic mass is 10.1. The molecule has 0 fully saturated rings. The van der Waals surface area contributed by atoms with Crippen molar-refractivity contribution >= 4 is 5.82 Å². The highest BCUT2D eigenvalue weighted by Gasteiger charge is 2.13. The third-order valence-corrected chi connectivity index (χ3v) is 2.86. The van der Waals surface area contributed by atoms with Crippen molar-refractivity contribution in [2.24, 2.45) is 0 Å². The quantitative estimate of drug-likeness (QED) is 0.871. The Morgan fingerprint density at radius 2 is 1.89 bits per heavy atom. The fourth-order valence-corrected chi connectivity index (χ4v) is 1.96. The number of benzene rings is 1. The van der Waals surface area contributed by atoms with E-state index in [4.69, 9.17) is 9.47 Å². The molecule has 2 N–H and O–H groups in total. The molecule has 1 aromatic heterocycles. The topological polar surface area (TPSA) is 59.2 Å². The summed E-state index contributed by atoms with van der Waals surface area (Å²) in [6.07, 6.45) is 0. The zero-order chi connectivity index (χ0) is 13.1. The summed E-state index contributed by atoms with van der Waals surface area (Å²) < 4.78 is 10.5. The number of rotatable bonds is 4. The van der Waals surface area contributed by atoms with E-state index in [2.05, 4.69) is 15.5 Å². The number of aryl methyl sites for hydroxylation is 1. The smallest absolute Gasteiger partial charge is 0.161 e. The minimum atomic E-state index is 0.706. The normalized spacial score (nSPS) is 10.2. The fraction of sp³-hybridized carbons (Fsp3) is 0.308. The summed E-state index contributed by atoms with van der Waals surface area (Å²) in [4.78, 5) is 0. The largest absolute Gasteiger partial charge is 0.493 e. The minimum absolute atomic E-state index is 0.706. The number of aromatic amines is 1. The van der Waals surface area contributed by atoms with Crippen LogP contribution in [0.1, 0.15) is 5.69 Å².